The first-order valence-electron chi connectivity index (χ1n) is 3.92. The van der Waals surface area contributed by atoms with Crippen molar-refractivity contribution >= 4 is 6.47 Å². The normalized spacial score (nSPS) is 7.71. The van der Waals surface area contributed by atoms with Crippen molar-refractivity contribution in [3.05, 3.63) is 54.6 Å². The van der Waals surface area contributed by atoms with Crippen LogP contribution in [0.3, 0.4) is 0 Å². The molecule has 0 aliphatic carbocycles. The molecule has 0 saturated carbocycles. The molecule has 0 aromatic heterocycles. The van der Waals surface area contributed by atoms with E-state index in [-0.39, 0.29) is 17.1 Å². The van der Waals surface area contributed by atoms with Gasteiger partial charge >= 0.3 is 17.1 Å². The molecule has 2 rings (SSSR count). The van der Waals surface area contributed by atoms with Crippen molar-refractivity contribution in [2.24, 2.45) is 0 Å². The fraction of sp³-hybridized carbons (Fsp3) is 0. The molecule has 14 heavy (non-hydrogen) atoms. The predicted molar refractivity (Wildman–Crippen MR) is 50.8 cm³/mol. The van der Waals surface area contributed by atoms with E-state index in [1.807, 2.05) is 30.3 Å². The average Bonchev–Trinajstić information content (AvgIpc) is 2.79. The van der Waals surface area contributed by atoms with Crippen LogP contribution < -0.4 is 4.74 Å². The number of hydrogen-bond donors (Lipinski definition) is 0. The van der Waals surface area contributed by atoms with Gasteiger partial charge in [0.2, 0.25) is 6.47 Å². The van der Waals surface area contributed by atoms with Gasteiger partial charge in [-0.25, -0.2) is 12.1 Å². The van der Waals surface area contributed by atoms with Crippen LogP contribution >= 0.6 is 0 Å². The molecule has 0 amide bonds. The Balaban J connectivity index is 0.000000246. The molecule has 3 heteroatoms. The van der Waals surface area contributed by atoms with Crippen molar-refractivity contribution in [3.63, 3.8) is 0 Å². The van der Waals surface area contributed by atoms with Gasteiger partial charge in [0.25, 0.3) is 0 Å². The SMILES string of the molecule is O=CO[c-]1cccc1.[Fe+2].c1cc[cH-]c1. The molecule has 0 N–H and O–H groups in total. The quantitative estimate of drug-likeness (QED) is 0.449. The van der Waals surface area contributed by atoms with Crippen LogP contribution in [0.5, 0.6) is 5.75 Å². The largest absolute Gasteiger partial charge is 2.00 e. The van der Waals surface area contributed by atoms with E-state index < -0.39 is 0 Å². The summed E-state index contributed by atoms with van der Waals surface area (Å²) in [5, 5.41) is 0. The minimum atomic E-state index is 0. The molecule has 0 saturated heterocycles. The maximum atomic E-state index is 9.65. The van der Waals surface area contributed by atoms with Crippen LogP contribution in [0.2, 0.25) is 0 Å². The van der Waals surface area contributed by atoms with Gasteiger partial charge in [0.1, 0.15) is 0 Å². The molecule has 74 valence electrons. The first-order chi connectivity index (χ1) is 6.43. The van der Waals surface area contributed by atoms with Gasteiger partial charge in [0.15, 0.2) is 0 Å². The summed E-state index contributed by atoms with van der Waals surface area (Å²) in [6.07, 6.45) is 0. The molecule has 0 aliphatic rings. The number of ether oxygens (including phenoxy) is 1. The van der Waals surface area contributed by atoms with Crippen molar-refractivity contribution in [3.8, 4) is 5.75 Å². The molecule has 0 atom stereocenters. The van der Waals surface area contributed by atoms with Crippen LogP contribution in [0, 0.1) is 0 Å². The van der Waals surface area contributed by atoms with Crippen LogP contribution in [0.25, 0.3) is 0 Å². The van der Waals surface area contributed by atoms with Crippen molar-refractivity contribution in [1.29, 1.82) is 0 Å². The monoisotopic (exact) mass is 230 g/mol. The Labute approximate surface area is 93.7 Å². The third-order valence-corrected chi connectivity index (χ3v) is 1.37. The summed E-state index contributed by atoms with van der Waals surface area (Å²) in [4.78, 5) is 9.65. The summed E-state index contributed by atoms with van der Waals surface area (Å²) in [5.74, 6) is 0.597. The summed E-state index contributed by atoms with van der Waals surface area (Å²) in [6.45, 7) is 0.412. The molecule has 0 spiro atoms. The molecule has 2 nitrogen and oxygen atoms in total. The molecular formula is C11H10FeO2. The number of carbonyl (C=O) groups is 1. The van der Waals surface area contributed by atoms with Gasteiger partial charge in [0, 0.05) is 5.75 Å². The summed E-state index contributed by atoms with van der Waals surface area (Å²) in [5.41, 5.74) is 0. The Kier molecular flexibility index (Phi) is 7.52. The van der Waals surface area contributed by atoms with Crippen LogP contribution in [-0.2, 0) is 21.9 Å². The summed E-state index contributed by atoms with van der Waals surface area (Å²) in [6, 6.07) is 17.0. The molecule has 0 unspecified atom stereocenters. The Bertz CT molecular complexity index is 281. The van der Waals surface area contributed by atoms with Gasteiger partial charge in [-0.1, -0.05) is 0 Å². The fourth-order valence-electron chi connectivity index (χ4n) is 0.811. The van der Waals surface area contributed by atoms with E-state index >= 15 is 0 Å². The van der Waals surface area contributed by atoms with E-state index in [2.05, 4.69) is 4.74 Å². The van der Waals surface area contributed by atoms with Gasteiger partial charge in [-0.15, -0.1) is 12.1 Å². The third kappa shape index (κ3) is 5.36. The Morgan fingerprint density at radius 2 is 1.64 bits per heavy atom. The number of rotatable bonds is 2. The summed E-state index contributed by atoms with van der Waals surface area (Å²) >= 11 is 0. The Hall–Kier alpha value is -1.31. The molecule has 0 radical (unpaired) electrons. The first kappa shape index (κ1) is 12.7. The van der Waals surface area contributed by atoms with Crippen LogP contribution in [0.15, 0.2) is 54.6 Å². The third-order valence-electron chi connectivity index (χ3n) is 1.37. The molecule has 0 bridgehead atoms. The first-order valence-corrected chi connectivity index (χ1v) is 3.92. The maximum Gasteiger partial charge on any atom is 2.00 e. The van der Waals surface area contributed by atoms with Gasteiger partial charge in [-0.3, -0.25) is 0 Å². The smallest absolute Gasteiger partial charge is 0.520 e. The fourth-order valence-corrected chi connectivity index (χ4v) is 0.811. The van der Waals surface area contributed by atoms with E-state index in [4.69, 9.17) is 0 Å². The molecule has 2 aromatic rings. The van der Waals surface area contributed by atoms with Crippen molar-refractivity contribution < 1.29 is 26.6 Å². The number of carbonyl (C=O) groups excluding carboxylic acids is 1. The van der Waals surface area contributed by atoms with Gasteiger partial charge in [-0.05, 0) is 0 Å². The minimum absolute atomic E-state index is 0. The van der Waals surface area contributed by atoms with Gasteiger partial charge < -0.3 is 9.53 Å². The predicted octanol–water partition coefficient (Wildman–Crippen LogP) is 2.34. The Morgan fingerprint density at radius 3 is 2.00 bits per heavy atom. The molecule has 2 aromatic carbocycles. The average molecular weight is 230 g/mol. The van der Waals surface area contributed by atoms with E-state index in [0.717, 1.165) is 0 Å². The van der Waals surface area contributed by atoms with Crippen LogP contribution in [0.4, 0.5) is 0 Å². The summed E-state index contributed by atoms with van der Waals surface area (Å²) < 4.78 is 4.47. The van der Waals surface area contributed by atoms with E-state index in [9.17, 15) is 4.79 Å². The molecule has 0 fully saturated rings. The topological polar surface area (TPSA) is 26.3 Å². The van der Waals surface area contributed by atoms with Crippen molar-refractivity contribution in [2.75, 3.05) is 0 Å². The summed E-state index contributed by atoms with van der Waals surface area (Å²) in [7, 11) is 0. The van der Waals surface area contributed by atoms with Crippen LogP contribution in [0.1, 0.15) is 0 Å². The molecule has 0 heterocycles. The standard InChI is InChI=1S/C6H5O2.C5H5.Fe/c7-5-8-6-3-1-2-4-6;1-2-4-5-3-1;/h1-5H;1-5H;/q2*-1;+2. The van der Waals surface area contributed by atoms with Gasteiger partial charge in [-0.2, -0.15) is 30.3 Å². The van der Waals surface area contributed by atoms with E-state index in [0.29, 0.717) is 12.2 Å². The zero-order valence-electron chi connectivity index (χ0n) is 7.44. The van der Waals surface area contributed by atoms with Gasteiger partial charge in [0.05, 0.1) is 0 Å². The maximum absolute atomic E-state index is 9.65. The van der Waals surface area contributed by atoms with Crippen molar-refractivity contribution in [2.45, 2.75) is 0 Å². The second kappa shape index (κ2) is 8.30. The zero-order chi connectivity index (χ0) is 9.36. The zero-order valence-corrected chi connectivity index (χ0v) is 8.55. The Morgan fingerprint density at radius 1 is 1.07 bits per heavy atom. The van der Waals surface area contributed by atoms with E-state index in [1.54, 1.807) is 24.3 Å². The van der Waals surface area contributed by atoms with Crippen molar-refractivity contribution in [1.82, 2.24) is 0 Å². The number of hydrogen-bond acceptors (Lipinski definition) is 2. The van der Waals surface area contributed by atoms with Crippen LogP contribution in [-0.4, -0.2) is 6.47 Å². The minimum Gasteiger partial charge on any atom is -0.520 e. The molecule has 0 aliphatic heterocycles. The second-order valence-electron chi connectivity index (χ2n) is 2.30. The van der Waals surface area contributed by atoms with E-state index in [1.165, 1.54) is 0 Å². The molecular weight excluding hydrogens is 220 g/mol. The second-order valence-corrected chi connectivity index (χ2v) is 2.30.